The van der Waals surface area contributed by atoms with Gasteiger partial charge in [-0.3, -0.25) is 4.79 Å². The van der Waals surface area contributed by atoms with E-state index >= 15 is 0 Å². The van der Waals surface area contributed by atoms with Crippen LogP contribution in [0.5, 0.6) is 0 Å². The molecule has 2 rings (SSSR count). The van der Waals surface area contributed by atoms with E-state index in [1.54, 1.807) is 19.2 Å². The quantitative estimate of drug-likeness (QED) is 0.860. The number of hydrogen-bond donors (Lipinski definition) is 2. The lowest BCUT2D eigenvalue weighted by molar-refractivity contribution is -0.121. The van der Waals surface area contributed by atoms with Gasteiger partial charge in [0.15, 0.2) is 0 Å². The van der Waals surface area contributed by atoms with Gasteiger partial charge < -0.3 is 15.3 Å². The standard InChI is InChI=1S/C14H18N2O3/c1-9(13(17)15-2)16-8-4-6-10-11(14(18)19)5-3-7-12(10)16/h3,5,7,9H,4,6,8H2,1-2H3,(H,15,17)(H,18,19). The second-order valence-electron chi connectivity index (χ2n) is 4.70. The molecule has 0 radical (unpaired) electrons. The molecule has 0 spiro atoms. The van der Waals surface area contributed by atoms with Crippen molar-refractivity contribution >= 4 is 17.6 Å². The molecule has 1 heterocycles. The number of carboxylic acid groups (broad SMARTS) is 1. The number of carbonyl (C=O) groups is 2. The van der Waals surface area contributed by atoms with Crippen LogP contribution in [0.25, 0.3) is 0 Å². The first-order chi connectivity index (χ1) is 9.06. The van der Waals surface area contributed by atoms with Gasteiger partial charge in [0.2, 0.25) is 5.91 Å². The van der Waals surface area contributed by atoms with E-state index in [1.807, 2.05) is 17.9 Å². The van der Waals surface area contributed by atoms with Gasteiger partial charge in [0.1, 0.15) is 6.04 Å². The second-order valence-corrected chi connectivity index (χ2v) is 4.70. The first-order valence-electron chi connectivity index (χ1n) is 6.39. The molecular formula is C14H18N2O3. The smallest absolute Gasteiger partial charge is 0.336 e. The Hall–Kier alpha value is -2.04. The lowest BCUT2D eigenvalue weighted by atomic mass is 9.95. The average molecular weight is 262 g/mol. The fourth-order valence-corrected chi connectivity index (χ4v) is 2.61. The van der Waals surface area contributed by atoms with Gasteiger partial charge in [-0.1, -0.05) is 6.07 Å². The number of amides is 1. The molecule has 1 aromatic carbocycles. The van der Waals surface area contributed by atoms with Crippen molar-refractivity contribution in [3.8, 4) is 0 Å². The topological polar surface area (TPSA) is 69.6 Å². The Balaban J connectivity index is 2.42. The fraction of sp³-hybridized carbons (Fsp3) is 0.429. The Morgan fingerprint density at radius 3 is 2.79 bits per heavy atom. The minimum absolute atomic E-state index is 0.0615. The number of fused-ring (bicyclic) bond motifs is 1. The van der Waals surface area contributed by atoms with E-state index in [9.17, 15) is 14.7 Å². The van der Waals surface area contributed by atoms with Gasteiger partial charge in [-0.2, -0.15) is 0 Å². The molecule has 102 valence electrons. The summed E-state index contributed by atoms with van der Waals surface area (Å²) in [5.74, 6) is -0.972. The monoisotopic (exact) mass is 262 g/mol. The third-order valence-electron chi connectivity index (χ3n) is 3.61. The van der Waals surface area contributed by atoms with E-state index in [-0.39, 0.29) is 11.9 Å². The molecule has 1 atom stereocenters. The summed E-state index contributed by atoms with van der Waals surface area (Å²) in [6, 6.07) is 4.94. The number of anilines is 1. The molecule has 1 amide bonds. The van der Waals surface area contributed by atoms with Crippen LogP contribution >= 0.6 is 0 Å². The highest BCUT2D eigenvalue weighted by molar-refractivity contribution is 5.92. The van der Waals surface area contributed by atoms with Crippen LogP contribution in [-0.4, -0.2) is 36.6 Å². The molecule has 5 nitrogen and oxygen atoms in total. The first kappa shape index (κ1) is 13.4. The van der Waals surface area contributed by atoms with E-state index in [0.29, 0.717) is 5.56 Å². The van der Waals surface area contributed by atoms with Crippen molar-refractivity contribution in [2.45, 2.75) is 25.8 Å². The fourth-order valence-electron chi connectivity index (χ4n) is 2.61. The molecule has 5 heteroatoms. The number of benzene rings is 1. The van der Waals surface area contributed by atoms with Gasteiger partial charge in [-0.25, -0.2) is 4.79 Å². The number of hydrogen-bond acceptors (Lipinski definition) is 3. The normalized spacial score (nSPS) is 15.6. The summed E-state index contributed by atoms with van der Waals surface area (Å²) in [4.78, 5) is 25.0. The summed E-state index contributed by atoms with van der Waals surface area (Å²) in [7, 11) is 1.61. The maximum Gasteiger partial charge on any atom is 0.336 e. The highest BCUT2D eigenvalue weighted by Gasteiger charge is 2.27. The van der Waals surface area contributed by atoms with Crippen LogP contribution in [0.3, 0.4) is 0 Å². The van der Waals surface area contributed by atoms with Crippen molar-refractivity contribution in [3.63, 3.8) is 0 Å². The third-order valence-corrected chi connectivity index (χ3v) is 3.61. The predicted molar refractivity (Wildman–Crippen MR) is 72.6 cm³/mol. The molecule has 1 aliphatic heterocycles. The van der Waals surface area contributed by atoms with Gasteiger partial charge in [-0.05, 0) is 37.5 Å². The van der Waals surface area contributed by atoms with E-state index in [1.165, 1.54) is 0 Å². The SMILES string of the molecule is CNC(=O)C(C)N1CCCc2c(C(=O)O)cccc21. The van der Waals surface area contributed by atoms with Gasteiger partial charge >= 0.3 is 5.97 Å². The Labute approximate surface area is 112 Å². The molecule has 0 saturated carbocycles. The van der Waals surface area contributed by atoms with Gasteiger partial charge in [0.25, 0.3) is 0 Å². The van der Waals surface area contributed by atoms with E-state index in [0.717, 1.165) is 30.6 Å². The van der Waals surface area contributed by atoms with Crippen LogP contribution in [-0.2, 0) is 11.2 Å². The minimum atomic E-state index is -0.911. The summed E-state index contributed by atoms with van der Waals surface area (Å²) in [6.45, 7) is 2.60. The number of likely N-dealkylation sites (N-methyl/N-ethyl adjacent to an activating group) is 1. The van der Waals surface area contributed by atoms with Crippen molar-refractivity contribution in [3.05, 3.63) is 29.3 Å². The van der Waals surface area contributed by atoms with Crippen LogP contribution in [0, 0.1) is 0 Å². The highest BCUT2D eigenvalue weighted by Crippen LogP contribution is 2.31. The molecule has 0 fully saturated rings. The Morgan fingerprint density at radius 1 is 1.42 bits per heavy atom. The molecule has 0 aromatic heterocycles. The van der Waals surface area contributed by atoms with Crippen LogP contribution in [0.15, 0.2) is 18.2 Å². The zero-order valence-corrected chi connectivity index (χ0v) is 11.1. The average Bonchev–Trinajstić information content (AvgIpc) is 2.44. The van der Waals surface area contributed by atoms with E-state index in [4.69, 9.17) is 0 Å². The first-order valence-corrected chi connectivity index (χ1v) is 6.39. The highest BCUT2D eigenvalue weighted by atomic mass is 16.4. The third kappa shape index (κ3) is 2.41. The Kier molecular flexibility index (Phi) is 3.74. The molecule has 0 aliphatic carbocycles. The summed E-state index contributed by atoms with van der Waals surface area (Å²) in [6.07, 6.45) is 1.60. The number of nitrogens with one attached hydrogen (secondary N) is 1. The van der Waals surface area contributed by atoms with Crippen molar-refractivity contribution in [1.82, 2.24) is 5.32 Å². The summed E-state index contributed by atoms with van der Waals surface area (Å²) in [5.41, 5.74) is 2.03. The van der Waals surface area contributed by atoms with Crippen LogP contribution < -0.4 is 10.2 Å². The summed E-state index contributed by atoms with van der Waals surface area (Å²) < 4.78 is 0. The molecule has 1 unspecified atom stereocenters. The van der Waals surface area contributed by atoms with Crippen molar-refractivity contribution < 1.29 is 14.7 Å². The largest absolute Gasteiger partial charge is 0.478 e. The lowest BCUT2D eigenvalue weighted by Gasteiger charge is -2.35. The molecule has 0 bridgehead atoms. The Bertz CT molecular complexity index is 513. The summed E-state index contributed by atoms with van der Waals surface area (Å²) in [5, 5.41) is 11.9. The second kappa shape index (κ2) is 5.30. The zero-order valence-electron chi connectivity index (χ0n) is 11.1. The van der Waals surface area contributed by atoms with Gasteiger partial charge in [0.05, 0.1) is 5.56 Å². The molecule has 1 aliphatic rings. The van der Waals surface area contributed by atoms with Crippen LogP contribution in [0.2, 0.25) is 0 Å². The number of rotatable bonds is 3. The zero-order chi connectivity index (χ0) is 14.0. The number of carbonyl (C=O) groups excluding carboxylic acids is 1. The maximum absolute atomic E-state index is 11.8. The minimum Gasteiger partial charge on any atom is -0.478 e. The van der Waals surface area contributed by atoms with Gasteiger partial charge in [0, 0.05) is 19.3 Å². The molecule has 19 heavy (non-hydrogen) atoms. The van der Waals surface area contributed by atoms with Crippen molar-refractivity contribution in [2.24, 2.45) is 0 Å². The number of nitrogens with zero attached hydrogens (tertiary/aromatic N) is 1. The van der Waals surface area contributed by atoms with Crippen molar-refractivity contribution in [2.75, 3.05) is 18.5 Å². The van der Waals surface area contributed by atoms with E-state index < -0.39 is 5.97 Å². The molecule has 1 aromatic rings. The number of carboxylic acids is 1. The number of aromatic carboxylic acids is 1. The molecule has 2 N–H and O–H groups in total. The van der Waals surface area contributed by atoms with Crippen molar-refractivity contribution in [1.29, 1.82) is 0 Å². The molecular weight excluding hydrogens is 244 g/mol. The van der Waals surface area contributed by atoms with Crippen LogP contribution in [0.4, 0.5) is 5.69 Å². The van der Waals surface area contributed by atoms with Gasteiger partial charge in [-0.15, -0.1) is 0 Å². The molecule has 0 saturated heterocycles. The van der Waals surface area contributed by atoms with E-state index in [2.05, 4.69) is 5.32 Å². The van der Waals surface area contributed by atoms with Crippen LogP contribution in [0.1, 0.15) is 29.3 Å². The predicted octanol–water partition coefficient (Wildman–Crippen LogP) is 1.27. The lowest BCUT2D eigenvalue weighted by Crippen LogP contribution is -2.46. The maximum atomic E-state index is 11.8. The summed E-state index contributed by atoms with van der Waals surface area (Å²) >= 11 is 0. The Morgan fingerprint density at radius 2 is 2.16 bits per heavy atom.